The van der Waals surface area contributed by atoms with Gasteiger partial charge >= 0.3 is 0 Å². The molecule has 0 spiro atoms. The van der Waals surface area contributed by atoms with Crippen LogP contribution >= 0.6 is 34.4 Å². The number of carbonyl (C=O) groups excluding carboxylic acids is 1. The first-order chi connectivity index (χ1) is 12.0. The summed E-state index contributed by atoms with van der Waals surface area (Å²) in [5.41, 5.74) is 3.91. The molecule has 0 aromatic carbocycles. The number of thioether (sulfide) groups is 1. The lowest BCUT2D eigenvalue weighted by Crippen LogP contribution is -2.15. The molecule has 0 radical (unpaired) electrons. The summed E-state index contributed by atoms with van der Waals surface area (Å²) in [5, 5.41) is 22.3. The molecule has 0 aliphatic carbocycles. The second-order valence-corrected chi connectivity index (χ2v) is 8.54. The molecule has 3 heterocycles. The lowest BCUT2D eigenvalue weighted by molar-refractivity contribution is -0.113. The van der Waals surface area contributed by atoms with Gasteiger partial charge in [-0.2, -0.15) is 0 Å². The molecule has 0 saturated carbocycles. The van der Waals surface area contributed by atoms with Crippen molar-refractivity contribution in [3.05, 3.63) is 21.3 Å². The molecule has 10 heteroatoms. The lowest BCUT2D eigenvalue weighted by atomic mass is 10.1. The summed E-state index contributed by atoms with van der Waals surface area (Å²) >= 11 is 4.37. The van der Waals surface area contributed by atoms with E-state index in [1.165, 1.54) is 33.5 Å². The maximum absolute atomic E-state index is 12.1. The number of aromatic nitrogens is 5. The maximum atomic E-state index is 12.1. The third kappa shape index (κ3) is 3.91. The van der Waals surface area contributed by atoms with Gasteiger partial charge in [0.1, 0.15) is 5.51 Å². The van der Waals surface area contributed by atoms with Crippen molar-refractivity contribution in [3.8, 4) is 11.4 Å². The zero-order valence-electron chi connectivity index (χ0n) is 14.3. The SMILES string of the molecule is Cc1scc(-c2nnc(SCC(=O)Nc3nncs3)n2C(C)C)c1C. The Morgan fingerprint density at radius 3 is 2.68 bits per heavy atom. The summed E-state index contributed by atoms with van der Waals surface area (Å²) in [5.74, 6) is 0.958. The van der Waals surface area contributed by atoms with Gasteiger partial charge in [-0.15, -0.1) is 31.7 Å². The van der Waals surface area contributed by atoms with E-state index in [4.69, 9.17) is 0 Å². The van der Waals surface area contributed by atoms with E-state index >= 15 is 0 Å². The molecule has 7 nitrogen and oxygen atoms in total. The van der Waals surface area contributed by atoms with E-state index in [9.17, 15) is 4.79 Å². The highest BCUT2D eigenvalue weighted by atomic mass is 32.2. The number of hydrogen-bond donors (Lipinski definition) is 1. The van der Waals surface area contributed by atoms with Crippen LogP contribution in [0.5, 0.6) is 0 Å². The van der Waals surface area contributed by atoms with Crippen molar-refractivity contribution >= 4 is 45.5 Å². The number of rotatable bonds is 6. The third-order valence-electron chi connectivity index (χ3n) is 3.65. The highest BCUT2D eigenvalue weighted by Crippen LogP contribution is 2.33. The molecule has 0 fully saturated rings. The second-order valence-electron chi connectivity index (χ2n) is 5.68. The van der Waals surface area contributed by atoms with Gasteiger partial charge in [-0.05, 0) is 33.3 Å². The predicted molar refractivity (Wildman–Crippen MR) is 102 cm³/mol. The number of thiophene rings is 1. The van der Waals surface area contributed by atoms with Crippen molar-refractivity contribution in [2.75, 3.05) is 11.1 Å². The summed E-state index contributed by atoms with van der Waals surface area (Å²) < 4.78 is 2.08. The normalized spacial score (nSPS) is 11.2. The second kappa shape index (κ2) is 7.63. The average molecular weight is 395 g/mol. The minimum atomic E-state index is -0.135. The fraction of sp³-hybridized carbons (Fsp3) is 0.400. The quantitative estimate of drug-likeness (QED) is 0.640. The van der Waals surface area contributed by atoms with Gasteiger partial charge in [-0.25, -0.2) is 0 Å². The first-order valence-corrected chi connectivity index (χ1v) is 10.4. The minimum absolute atomic E-state index is 0.135. The summed E-state index contributed by atoms with van der Waals surface area (Å²) in [6.07, 6.45) is 0. The van der Waals surface area contributed by atoms with Crippen molar-refractivity contribution in [1.82, 2.24) is 25.0 Å². The minimum Gasteiger partial charge on any atom is -0.300 e. The van der Waals surface area contributed by atoms with E-state index in [1.807, 2.05) is 0 Å². The van der Waals surface area contributed by atoms with Crippen molar-refractivity contribution in [1.29, 1.82) is 0 Å². The lowest BCUT2D eigenvalue weighted by Gasteiger charge is -2.13. The number of aryl methyl sites for hydroxylation is 1. The fourth-order valence-corrected chi connectivity index (χ4v) is 4.46. The van der Waals surface area contributed by atoms with E-state index in [0.717, 1.165) is 16.5 Å². The molecule has 0 atom stereocenters. The molecule has 25 heavy (non-hydrogen) atoms. The van der Waals surface area contributed by atoms with Gasteiger partial charge in [-0.3, -0.25) is 14.7 Å². The van der Waals surface area contributed by atoms with Crippen LogP contribution in [0.15, 0.2) is 16.0 Å². The molecule has 3 aromatic rings. The van der Waals surface area contributed by atoms with Crippen LogP contribution < -0.4 is 5.32 Å². The van der Waals surface area contributed by atoms with Crippen LogP contribution in [-0.2, 0) is 4.79 Å². The van der Waals surface area contributed by atoms with Crippen LogP contribution in [0, 0.1) is 13.8 Å². The smallest absolute Gasteiger partial charge is 0.236 e. The van der Waals surface area contributed by atoms with Crippen molar-refractivity contribution < 1.29 is 4.79 Å². The molecule has 0 aliphatic rings. The van der Waals surface area contributed by atoms with Gasteiger partial charge in [-0.1, -0.05) is 23.1 Å². The zero-order valence-corrected chi connectivity index (χ0v) is 16.8. The Labute approximate surface area is 157 Å². The Hall–Kier alpha value is -1.78. The standard InChI is InChI=1S/C15H18N6OS3/c1-8(2)21-13(11-5-23-10(4)9(11)3)18-20-15(21)24-6-12(22)17-14-19-16-7-25-14/h5,7-8H,6H2,1-4H3,(H,17,19,22). The topological polar surface area (TPSA) is 85.6 Å². The van der Waals surface area contributed by atoms with Gasteiger partial charge < -0.3 is 0 Å². The maximum Gasteiger partial charge on any atom is 0.236 e. The van der Waals surface area contributed by atoms with Gasteiger partial charge in [0.15, 0.2) is 11.0 Å². The van der Waals surface area contributed by atoms with Crippen LogP contribution in [0.2, 0.25) is 0 Å². The van der Waals surface area contributed by atoms with Crippen molar-refractivity contribution in [2.45, 2.75) is 38.9 Å². The van der Waals surface area contributed by atoms with Crippen LogP contribution in [-0.4, -0.2) is 36.6 Å². The molecule has 1 N–H and O–H groups in total. The third-order valence-corrected chi connectivity index (χ3v) is 6.21. The molecule has 0 unspecified atom stereocenters. The Morgan fingerprint density at radius 2 is 2.08 bits per heavy atom. The highest BCUT2D eigenvalue weighted by molar-refractivity contribution is 7.99. The Balaban J connectivity index is 1.78. The number of carbonyl (C=O) groups is 1. The first kappa shape index (κ1) is 18.0. The highest BCUT2D eigenvalue weighted by Gasteiger charge is 2.20. The van der Waals surface area contributed by atoms with Gasteiger partial charge in [0.2, 0.25) is 11.0 Å². The molecule has 132 valence electrons. The molecular weight excluding hydrogens is 376 g/mol. The Kier molecular flexibility index (Phi) is 5.50. The first-order valence-electron chi connectivity index (χ1n) is 7.66. The number of amides is 1. The largest absolute Gasteiger partial charge is 0.300 e. The number of anilines is 1. The van der Waals surface area contributed by atoms with Gasteiger partial charge in [0, 0.05) is 21.9 Å². The van der Waals surface area contributed by atoms with Crippen molar-refractivity contribution in [2.24, 2.45) is 0 Å². The molecule has 0 saturated heterocycles. The molecule has 3 aromatic heterocycles. The summed E-state index contributed by atoms with van der Waals surface area (Å²) in [6.45, 7) is 8.38. The van der Waals surface area contributed by atoms with Crippen LogP contribution in [0.1, 0.15) is 30.3 Å². The predicted octanol–water partition coefficient (Wildman–Crippen LogP) is 3.79. The number of hydrogen-bond acceptors (Lipinski definition) is 8. The Bertz CT molecular complexity index is 868. The Morgan fingerprint density at radius 1 is 1.28 bits per heavy atom. The average Bonchev–Trinajstić information content (AvgIpc) is 3.27. The summed E-state index contributed by atoms with van der Waals surface area (Å²) in [4.78, 5) is 13.3. The van der Waals surface area contributed by atoms with E-state index < -0.39 is 0 Å². The molecule has 1 amide bonds. The number of nitrogens with zero attached hydrogens (tertiary/aromatic N) is 5. The van der Waals surface area contributed by atoms with E-state index in [1.54, 1.807) is 16.8 Å². The van der Waals surface area contributed by atoms with E-state index in [2.05, 4.69) is 63.4 Å². The monoisotopic (exact) mass is 394 g/mol. The fourth-order valence-electron chi connectivity index (χ4n) is 2.27. The number of nitrogens with one attached hydrogen (secondary N) is 1. The zero-order chi connectivity index (χ0) is 18.0. The van der Waals surface area contributed by atoms with Crippen LogP contribution in [0.3, 0.4) is 0 Å². The van der Waals surface area contributed by atoms with E-state index in [-0.39, 0.29) is 17.7 Å². The molecule has 0 bridgehead atoms. The molecule has 0 aliphatic heterocycles. The van der Waals surface area contributed by atoms with E-state index in [0.29, 0.717) is 5.13 Å². The van der Waals surface area contributed by atoms with Crippen LogP contribution in [0.4, 0.5) is 5.13 Å². The summed E-state index contributed by atoms with van der Waals surface area (Å²) in [7, 11) is 0. The molecule has 3 rings (SSSR count). The van der Waals surface area contributed by atoms with Gasteiger partial charge in [0.05, 0.1) is 5.75 Å². The van der Waals surface area contributed by atoms with Crippen molar-refractivity contribution in [3.63, 3.8) is 0 Å². The van der Waals surface area contributed by atoms with Gasteiger partial charge in [0.25, 0.3) is 0 Å². The summed E-state index contributed by atoms with van der Waals surface area (Å²) in [6, 6.07) is 0.193. The molecular formula is C15H18N6OS3. The van der Waals surface area contributed by atoms with Crippen LogP contribution in [0.25, 0.3) is 11.4 Å².